The van der Waals surface area contributed by atoms with Gasteiger partial charge in [0.05, 0.1) is 6.10 Å². The predicted molar refractivity (Wildman–Crippen MR) is 48.4 cm³/mol. The standard InChI is InChI=1S/C9H16N2O2/c12-8-2-1-5-11(6-8)9(13)10-7-3-4-7/h7-8,12H,1-6H2,(H,10,13). The Kier molecular flexibility index (Phi) is 2.40. The monoisotopic (exact) mass is 184 g/mol. The number of aliphatic hydroxyl groups excluding tert-OH is 1. The van der Waals surface area contributed by atoms with Crippen LogP contribution >= 0.6 is 0 Å². The smallest absolute Gasteiger partial charge is 0.317 e. The molecule has 1 heterocycles. The number of rotatable bonds is 1. The minimum absolute atomic E-state index is 0.00116. The van der Waals surface area contributed by atoms with Crippen LogP contribution in [-0.4, -0.2) is 41.3 Å². The molecule has 1 atom stereocenters. The van der Waals surface area contributed by atoms with Crippen molar-refractivity contribution in [2.75, 3.05) is 13.1 Å². The Bertz CT molecular complexity index is 204. The van der Waals surface area contributed by atoms with Crippen LogP contribution in [0.25, 0.3) is 0 Å². The molecule has 4 heteroatoms. The van der Waals surface area contributed by atoms with Gasteiger partial charge in [-0.2, -0.15) is 0 Å². The Morgan fingerprint density at radius 2 is 2.15 bits per heavy atom. The van der Waals surface area contributed by atoms with E-state index in [0.717, 1.165) is 32.2 Å². The van der Waals surface area contributed by atoms with E-state index in [2.05, 4.69) is 5.32 Å². The number of aliphatic hydroxyl groups is 1. The molecule has 2 fully saturated rings. The molecule has 4 nitrogen and oxygen atoms in total. The van der Waals surface area contributed by atoms with Gasteiger partial charge >= 0.3 is 6.03 Å². The summed E-state index contributed by atoms with van der Waals surface area (Å²) >= 11 is 0. The molecule has 13 heavy (non-hydrogen) atoms. The maximum absolute atomic E-state index is 11.5. The fourth-order valence-corrected chi connectivity index (χ4v) is 1.63. The van der Waals surface area contributed by atoms with Crippen LogP contribution in [0.1, 0.15) is 25.7 Å². The summed E-state index contributed by atoms with van der Waals surface area (Å²) in [5, 5.41) is 12.3. The number of carbonyl (C=O) groups excluding carboxylic acids is 1. The van der Waals surface area contributed by atoms with Crippen LogP contribution in [0, 0.1) is 0 Å². The first-order valence-corrected chi connectivity index (χ1v) is 4.99. The van der Waals surface area contributed by atoms with Crippen LogP contribution in [0.5, 0.6) is 0 Å². The number of hydrogen-bond donors (Lipinski definition) is 2. The number of carbonyl (C=O) groups is 1. The van der Waals surface area contributed by atoms with E-state index in [1.54, 1.807) is 4.90 Å². The normalized spacial score (nSPS) is 28.7. The number of likely N-dealkylation sites (tertiary alicyclic amines) is 1. The summed E-state index contributed by atoms with van der Waals surface area (Å²) in [7, 11) is 0. The molecule has 1 aliphatic heterocycles. The van der Waals surface area contributed by atoms with Crippen molar-refractivity contribution in [2.24, 2.45) is 0 Å². The molecule has 74 valence electrons. The number of urea groups is 1. The lowest BCUT2D eigenvalue weighted by molar-refractivity contribution is 0.0841. The minimum atomic E-state index is -0.321. The van der Waals surface area contributed by atoms with Gasteiger partial charge in [0.25, 0.3) is 0 Å². The lowest BCUT2D eigenvalue weighted by Crippen LogP contribution is -2.47. The van der Waals surface area contributed by atoms with Crippen molar-refractivity contribution in [1.82, 2.24) is 10.2 Å². The predicted octanol–water partition coefficient (Wildman–Crippen LogP) is 0.315. The van der Waals surface area contributed by atoms with E-state index in [-0.39, 0.29) is 12.1 Å². The van der Waals surface area contributed by atoms with E-state index in [9.17, 15) is 9.90 Å². The van der Waals surface area contributed by atoms with Crippen molar-refractivity contribution in [1.29, 1.82) is 0 Å². The molecule has 0 radical (unpaired) electrons. The van der Waals surface area contributed by atoms with Gasteiger partial charge in [0.1, 0.15) is 0 Å². The van der Waals surface area contributed by atoms with Crippen LogP contribution in [0.15, 0.2) is 0 Å². The van der Waals surface area contributed by atoms with Gasteiger partial charge < -0.3 is 15.3 Å². The summed E-state index contributed by atoms with van der Waals surface area (Å²) in [6.45, 7) is 1.29. The average molecular weight is 184 g/mol. The number of nitrogens with one attached hydrogen (secondary N) is 1. The molecular formula is C9H16N2O2. The summed E-state index contributed by atoms with van der Waals surface area (Å²) in [6, 6.07) is 0.410. The van der Waals surface area contributed by atoms with E-state index < -0.39 is 0 Å². The summed E-state index contributed by atoms with van der Waals surface area (Å²) in [6.07, 6.45) is 3.65. The Labute approximate surface area is 77.9 Å². The lowest BCUT2D eigenvalue weighted by Gasteiger charge is -2.30. The summed E-state index contributed by atoms with van der Waals surface area (Å²) in [5.74, 6) is 0. The highest BCUT2D eigenvalue weighted by Gasteiger charge is 2.28. The van der Waals surface area contributed by atoms with E-state index >= 15 is 0 Å². The van der Waals surface area contributed by atoms with Crippen molar-refractivity contribution in [3.8, 4) is 0 Å². The van der Waals surface area contributed by atoms with Gasteiger partial charge in [-0.1, -0.05) is 0 Å². The van der Waals surface area contributed by atoms with Gasteiger partial charge in [0.15, 0.2) is 0 Å². The zero-order valence-corrected chi connectivity index (χ0v) is 7.70. The van der Waals surface area contributed by atoms with Crippen molar-refractivity contribution in [2.45, 2.75) is 37.8 Å². The van der Waals surface area contributed by atoms with E-state index in [1.165, 1.54) is 0 Å². The fraction of sp³-hybridized carbons (Fsp3) is 0.889. The van der Waals surface area contributed by atoms with Gasteiger partial charge in [0, 0.05) is 19.1 Å². The van der Waals surface area contributed by atoms with Crippen molar-refractivity contribution >= 4 is 6.03 Å². The zero-order chi connectivity index (χ0) is 9.26. The van der Waals surface area contributed by atoms with Crippen LogP contribution in [0.2, 0.25) is 0 Å². The highest BCUT2D eigenvalue weighted by atomic mass is 16.3. The lowest BCUT2D eigenvalue weighted by atomic mass is 10.1. The number of amides is 2. The van der Waals surface area contributed by atoms with Crippen molar-refractivity contribution in [3.05, 3.63) is 0 Å². The average Bonchev–Trinajstić information content (AvgIpc) is 2.88. The molecular weight excluding hydrogens is 168 g/mol. The SMILES string of the molecule is O=C(NC1CC1)N1CCCC(O)C1. The van der Waals surface area contributed by atoms with Crippen LogP contribution in [0.4, 0.5) is 4.79 Å². The molecule has 1 unspecified atom stereocenters. The molecule has 2 aliphatic rings. The molecule has 0 aromatic rings. The molecule has 1 saturated heterocycles. The molecule has 1 aliphatic carbocycles. The van der Waals surface area contributed by atoms with Crippen LogP contribution in [-0.2, 0) is 0 Å². The van der Waals surface area contributed by atoms with Crippen molar-refractivity contribution < 1.29 is 9.90 Å². The summed E-state index contributed by atoms with van der Waals surface area (Å²) < 4.78 is 0. The Morgan fingerprint density at radius 3 is 2.77 bits per heavy atom. The van der Waals surface area contributed by atoms with E-state index in [4.69, 9.17) is 0 Å². The second-order valence-electron chi connectivity index (χ2n) is 3.97. The third kappa shape index (κ3) is 2.34. The molecule has 2 rings (SSSR count). The van der Waals surface area contributed by atoms with Gasteiger partial charge in [0.2, 0.25) is 0 Å². The van der Waals surface area contributed by atoms with Gasteiger partial charge in [-0.25, -0.2) is 4.79 Å². The van der Waals surface area contributed by atoms with Crippen LogP contribution < -0.4 is 5.32 Å². The number of β-amino-alcohol motifs (C(OH)–C–C–N with tert-alkyl or cyclic N) is 1. The maximum atomic E-state index is 11.5. The zero-order valence-electron chi connectivity index (χ0n) is 7.70. The maximum Gasteiger partial charge on any atom is 0.317 e. The molecule has 2 N–H and O–H groups in total. The largest absolute Gasteiger partial charge is 0.391 e. The topological polar surface area (TPSA) is 52.6 Å². The first-order chi connectivity index (χ1) is 6.25. The molecule has 2 amide bonds. The van der Waals surface area contributed by atoms with E-state index in [0.29, 0.717) is 12.6 Å². The second kappa shape index (κ2) is 3.54. The fourth-order valence-electron chi connectivity index (χ4n) is 1.63. The molecule has 0 spiro atoms. The summed E-state index contributed by atoms with van der Waals surface area (Å²) in [5.41, 5.74) is 0. The Morgan fingerprint density at radius 1 is 1.38 bits per heavy atom. The van der Waals surface area contributed by atoms with Gasteiger partial charge in [-0.15, -0.1) is 0 Å². The quantitative estimate of drug-likeness (QED) is 0.616. The first kappa shape index (κ1) is 8.81. The van der Waals surface area contributed by atoms with E-state index in [1.807, 2.05) is 0 Å². The first-order valence-electron chi connectivity index (χ1n) is 4.99. The molecule has 0 aromatic carbocycles. The summed E-state index contributed by atoms with van der Waals surface area (Å²) in [4.78, 5) is 13.2. The highest BCUT2D eigenvalue weighted by molar-refractivity contribution is 5.75. The molecule has 1 saturated carbocycles. The highest BCUT2D eigenvalue weighted by Crippen LogP contribution is 2.19. The van der Waals surface area contributed by atoms with Crippen molar-refractivity contribution in [3.63, 3.8) is 0 Å². The third-order valence-corrected chi connectivity index (χ3v) is 2.59. The minimum Gasteiger partial charge on any atom is -0.391 e. The number of nitrogens with zero attached hydrogens (tertiary/aromatic N) is 1. The number of hydrogen-bond acceptors (Lipinski definition) is 2. The number of piperidine rings is 1. The molecule has 0 aromatic heterocycles. The Balaban J connectivity index is 1.80. The third-order valence-electron chi connectivity index (χ3n) is 2.59. The second-order valence-corrected chi connectivity index (χ2v) is 3.97. The molecule has 0 bridgehead atoms. The van der Waals surface area contributed by atoms with Crippen LogP contribution in [0.3, 0.4) is 0 Å². The van der Waals surface area contributed by atoms with Gasteiger partial charge in [-0.3, -0.25) is 0 Å². The Hall–Kier alpha value is -0.770. The van der Waals surface area contributed by atoms with Gasteiger partial charge in [-0.05, 0) is 25.7 Å².